The Morgan fingerprint density at radius 2 is 1.56 bits per heavy atom. The number of rotatable bonds is 5. The minimum absolute atomic E-state index is 0.337. The van der Waals surface area contributed by atoms with Gasteiger partial charge < -0.3 is 14.8 Å². The second kappa shape index (κ2) is 7.57. The number of carbonyl (C=O) groups excluding carboxylic acids is 1. The smallest absolute Gasteiger partial charge is 0.481 e. The lowest BCUT2D eigenvalue weighted by Crippen LogP contribution is -2.30. The quantitative estimate of drug-likeness (QED) is 0.671. The minimum Gasteiger partial charge on any atom is -0.481 e. The maximum atomic E-state index is 12.2. The Morgan fingerprint density at radius 1 is 0.926 bits per heavy atom. The van der Waals surface area contributed by atoms with Crippen molar-refractivity contribution in [2.75, 3.05) is 5.32 Å². The summed E-state index contributed by atoms with van der Waals surface area (Å²) < 4.78 is 45.9. The number of carbonyl (C=O) groups is 1. The van der Waals surface area contributed by atoms with Crippen molar-refractivity contribution in [1.29, 1.82) is 0 Å². The Hall–Kier alpha value is -3.22. The first kappa shape index (κ1) is 18.6. The van der Waals surface area contributed by atoms with E-state index in [1.54, 1.807) is 13.0 Å². The van der Waals surface area contributed by atoms with Crippen molar-refractivity contribution in [3.05, 3.63) is 66.7 Å². The number of hydrogen-bond acceptors (Lipinski definition) is 3. The minimum atomic E-state index is -4.76. The molecular weight excluding hydrogens is 359 g/mol. The van der Waals surface area contributed by atoms with E-state index in [1.807, 2.05) is 36.4 Å². The van der Waals surface area contributed by atoms with Crippen LogP contribution in [-0.4, -0.2) is 18.4 Å². The summed E-state index contributed by atoms with van der Waals surface area (Å²) in [6.45, 7) is 1.59. The van der Waals surface area contributed by atoms with Crippen molar-refractivity contribution in [2.24, 2.45) is 0 Å². The molecule has 27 heavy (non-hydrogen) atoms. The van der Waals surface area contributed by atoms with Crippen LogP contribution in [0.25, 0.3) is 10.8 Å². The van der Waals surface area contributed by atoms with Crippen molar-refractivity contribution in [2.45, 2.75) is 19.4 Å². The van der Waals surface area contributed by atoms with Gasteiger partial charge in [-0.15, -0.1) is 13.2 Å². The number of ether oxygens (including phenoxy) is 2. The van der Waals surface area contributed by atoms with E-state index in [1.165, 1.54) is 12.1 Å². The Kier molecular flexibility index (Phi) is 5.21. The molecule has 0 aromatic heterocycles. The van der Waals surface area contributed by atoms with Gasteiger partial charge in [-0.3, -0.25) is 4.79 Å². The summed E-state index contributed by atoms with van der Waals surface area (Å²) in [6.07, 6.45) is -5.55. The molecule has 0 saturated heterocycles. The number of fused-ring (bicyclic) bond motifs is 1. The van der Waals surface area contributed by atoms with Crippen LogP contribution in [0.1, 0.15) is 6.92 Å². The highest BCUT2D eigenvalue weighted by Crippen LogP contribution is 2.24. The van der Waals surface area contributed by atoms with Gasteiger partial charge in [-0.2, -0.15) is 0 Å². The lowest BCUT2D eigenvalue weighted by atomic mass is 10.1. The first-order valence-corrected chi connectivity index (χ1v) is 8.12. The molecule has 3 aromatic rings. The molecule has 0 radical (unpaired) electrons. The van der Waals surface area contributed by atoms with Crippen molar-refractivity contribution in [3.63, 3.8) is 0 Å². The number of alkyl halides is 3. The van der Waals surface area contributed by atoms with Crippen LogP contribution in [0, 0.1) is 0 Å². The summed E-state index contributed by atoms with van der Waals surface area (Å²) in [4.78, 5) is 12.2. The van der Waals surface area contributed by atoms with E-state index in [-0.39, 0.29) is 5.75 Å². The highest BCUT2D eigenvalue weighted by atomic mass is 19.4. The van der Waals surface area contributed by atoms with Crippen molar-refractivity contribution in [1.82, 2.24) is 0 Å². The van der Waals surface area contributed by atoms with Crippen molar-refractivity contribution < 1.29 is 27.4 Å². The molecule has 0 aliphatic rings. The molecule has 1 unspecified atom stereocenters. The number of amides is 1. The van der Waals surface area contributed by atoms with Crippen LogP contribution in [0.5, 0.6) is 11.5 Å². The SMILES string of the molecule is CC(Oc1ccc2ccccc2c1)C(=O)Nc1ccc(OC(F)(F)F)cc1. The third-order valence-electron chi connectivity index (χ3n) is 3.76. The van der Waals surface area contributed by atoms with Gasteiger partial charge in [0, 0.05) is 5.69 Å². The average Bonchev–Trinajstić information content (AvgIpc) is 2.62. The van der Waals surface area contributed by atoms with Gasteiger partial charge in [0.25, 0.3) is 5.91 Å². The van der Waals surface area contributed by atoms with E-state index in [0.29, 0.717) is 11.4 Å². The van der Waals surface area contributed by atoms with E-state index in [2.05, 4.69) is 10.1 Å². The molecule has 0 spiro atoms. The van der Waals surface area contributed by atoms with E-state index in [9.17, 15) is 18.0 Å². The zero-order valence-electron chi connectivity index (χ0n) is 14.3. The second-order valence-corrected chi connectivity index (χ2v) is 5.83. The van der Waals surface area contributed by atoms with Crippen molar-refractivity contribution in [3.8, 4) is 11.5 Å². The topological polar surface area (TPSA) is 47.6 Å². The average molecular weight is 375 g/mol. The number of hydrogen-bond donors (Lipinski definition) is 1. The molecule has 3 rings (SSSR count). The largest absolute Gasteiger partial charge is 0.573 e. The fourth-order valence-corrected chi connectivity index (χ4v) is 2.48. The predicted molar refractivity (Wildman–Crippen MR) is 95.8 cm³/mol. The molecule has 1 amide bonds. The first-order valence-electron chi connectivity index (χ1n) is 8.12. The van der Waals surface area contributed by atoms with Gasteiger partial charge in [-0.05, 0) is 54.1 Å². The van der Waals surface area contributed by atoms with Crippen molar-refractivity contribution >= 4 is 22.4 Å². The molecule has 140 valence electrons. The first-order chi connectivity index (χ1) is 12.8. The second-order valence-electron chi connectivity index (χ2n) is 5.83. The zero-order valence-corrected chi connectivity index (χ0v) is 14.3. The molecule has 1 atom stereocenters. The maximum absolute atomic E-state index is 12.2. The van der Waals surface area contributed by atoms with Crippen LogP contribution in [0.15, 0.2) is 66.7 Å². The number of nitrogens with one attached hydrogen (secondary N) is 1. The Labute approximate surface area is 153 Å². The normalized spacial score (nSPS) is 12.4. The summed E-state index contributed by atoms with van der Waals surface area (Å²) >= 11 is 0. The van der Waals surface area contributed by atoms with E-state index in [4.69, 9.17) is 4.74 Å². The molecule has 0 saturated carbocycles. The van der Waals surface area contributed by atoms with Crippen LogP contribution < -0.4 is 14.8 Å². The molecule has 1 N–H and O–H groups in total. The van der Waals surface area contributed by atoms with E-state index >= 15 is 0 Å². The maximum Gasteiger partial charge on any atom is 0.573 e. The zero-order chi connectivity index (χ0) is 19.4. The van der Waals surface area contributed by atoms with Crippen LogP contribution in [0.4, 0.5) is 18.9 Å². The monoisotopic (exact) mass is 375 g/mol. The summed E-state index contributed by atoms with van der Waals surface area (Å²) in [7, 11) is 0. The van der Waals surface area contributed by atoms with Gasteiger partial charge in [0.15, 0.2) is 6.10 Å². The molecule has 7 heteroatoms. The van der Waals surface area contributed by atoms with Crippen LogP contribution in [0.3, 0.4) is 0 Å². The summed E-state index contributed by atoms with van der Waals surface area (Å²) in [6, 6.07) is 18.2. The van der Waals surface area contributed by atoms with Gasteiger partial charge >= 0.3 is 6.36 Å². The van der Waals surface area contributed by atoms with Gasteiger partial charge in [0.1, 0.15) is 11.5 Å². The fourth-order valence-electron chi connectivity index (χ4n) is 2.48. The molecule has 0 fully saturated rings. The fraction of sp³-hybridized carbons (Fsp3) is 0.150. The molecule has 4 nitrogen and oxygen atoms in total. The molecule has 0 bridgehead atoms. The standard InChI is InChI=1S/C20H16F3NO3/c1-13(26-18-9-6-14-4-2-3-5-15(14)12-18)19(25)24-16-7-10-17(11-8-16)27-20(21,22)23/h2-13H,1H3,(H,24,25). The van der Waals surface area contributed by atoms with Gasteiger partial charge in [-0.25, -0.2) is 0 Å². The Balaban J connectivity index is 1.61. The number of halogens is 3. The van der Waals surface area contributed by atoms with Crippen LogP contribution >= 0.6 is 0 Å². The van der Waals surface area contributed by atoms with Crippen LogP contribution in [0.2, 0.25) is 0 Å². The number of benzene rings is 3. The molecule has 3 aromatic carbocycles. The van der Waals surface area contributed by atoms with Gasteiger partial charge in [-0.1, -0.05) is 30.3 Å². The molecule has 0 aliphatic heterocycles. The summed E-state index contributed by atoms with van der Waals surface area (Å²) in [5, 5.41) is 4.64. The highest BCUT2D eigenvalue weighted by molar-refractivity contribution is 5.94. The highest BCUT2D eigenvalue weighted by Gasteiger charge is 2.31. The Morgan fingerprint density at radius 3 is 2.22 bits per heavy atom. The van der Waals surface area contributed by atoms with Crippen LogP contribution in [-0.2, 0) is 4.79 Å². The van der Waals surface area contributed by atoms with Gasteiger partial charge in [0.2, 0.25) is 0 Å². The van der Waals surface area contributed by atoms with Gasteiger partial charge in [0.05, 0.1) is 0 Å². The predicted octanol–water partition coefficient (Wildman–Crippen LogP) is 5.14. The third-order valence-corrected chi connectivity index (χ3v) is 3.76. The lowest BCUT2D eigenvalue weighted by molar-refractivity contribution is -0.274. The summed E-state index contributed by atoms with van der Waals surface area (Å²) in [5.41, 5.74) is 0.337. The molecular formula is C20H16F3NO3. The summed E-state index contributed by atoms with van der Waals surface area (Å²) in [5.74, 6) is -0.237. The Bertz CT molecular complexity index is 939. The number of anilines is 1. The van der Waals surface area contributed by atoms with E-state index in [0.717, 1.165) is 22.9 Å². The molecule has 0 aliphatic carbocycles. The van der Waals surface area contributed by atoms with E-state index < -0.39 is 18.4 Å². The lowest BCUT2D eigenvalue weighted by Gasteiger charge is -2.15. The molecule has 0 heterocycles. The third kappa shape index (κ3) is 5.13.